The number of carbonyl (C=O) groups excluding carboxylic acids is 1. The molecule has 2 aromatic carbocycles. The van der Waals surface area contributed by atoms with Crippen molar-refractivity contribution in [1.82, 2.24) is 10.2 Å². The zero-order valence-electron chi connectivity index (χ0n) is 19.0. The number of amides is 1. The molecule has 5 rings (SSSR count). The van der Waals surface area contributed by atoms with E-state index in [-0.39, 0.29) is 29.5 Å². The summed E-state index contributed by atoms with van der Waals surface area (Å²) >= 11 is 0. The third-order valence-corrected chi connectivity index (χ3v) is 7.71. The molecule has 1 saturated heterocycles. The Bertz CT molecular complexity index is 1020. The van der Waals surface area contributed by atoms with E-state index in [0.29, 0.717) is 18.0 Å². The molecule has 1 saturated carbocycles. The van der Waals surface area contributed by atoms with Crippen molar-refractivity contribution in [2.24, 2.45) is 11.8 Å². The Morgan fingerprint density at radius 2 is 1.73 bits per heavy atom. The van der Waals surface area contributed by atoms with Gasteiger partial charge in [0.1, 0.15) is 11.6 Å². The summed E-state index contributed by atoms with van der Waals surface area (Å²) in [5.74, 6) is -0.322. The molecule has 0 spiro atoms. The van der Waals surface area contributed by atoms with Gasteiger partial charge in [0.05, 0.1) is 12.0 Å². The second-order valence-electron chi connectivity index (χ2n) is 9.76. The maximum atomic E-state index is 14.6. The van der Waals surface area contributed by atoms with Gasteiger partial charge in [-0.2, -0.15) is 0 Å². The van der Waals surface area contributed by atoms with Gasteiger partial charge in [-0.05, 0) is 67.5 Å². The molecule has 0 bridgehead atoms. The summed E-state index contributed by atoms with van der Waals surface area (Å²) in [6.45, 7) is 1.26. The van der Waals surface area contributed by atoms with Gasteiger partial charge in [-0.25, -0.2) is 8.78 Å². The zero-order valence-corrected chi connectivity index (χ0v) is 19.0. The van der Waals surface area contributed by atoms with E-state index >= 15 is 0 Å². The monoisotopic (exact) mass is 450 g/mol. The van der Waals surface area contributed by atoms with Gasteiger partial charge in [0, 0.05) is 18.2 Å². The first-order valence-corrected chi connectivity index (χ1v) is 12.4. The molecule has 1 aliphatic carbocycles. The number of carbonyl (C=O) groups is 1. The summed E-state index contributed by atoms with van der Waals surface area (Å²) < 4.78 is 28.6. The number of halogens is 2. The largest absolute Gasteiger partial charge is 0.328 e. The number of nitrogens with one attached hydrogen (secondary N) is 1. The van der Waals surface area contributed by atoms with Crippen LogP contribution in [0.4, 0.5) is 8.78 Å². The number of nitrogens with zero attached hydrogens (tertiary/aromatic N) is 1. The molecule has 0 radical (unpaired) electrons. The number of hydrogen-bond acceptors (Lipinski definition) is 2. The molecule has 174 valence electrons. The highest BCUT2D eigenvalue weighted by molar-refractivity contribution is 5.85. The Hall–Kier alpha value is -2.53. The lowest BCUT2D eigenvalue weighted by molar-refractivity contribution is -0.138. The highest BCUT2D eigenvalue weighted by Gasteiger charge is 2.41. The first kappa shape index (κ1) is 22.3. The first-order valence-electron chi connectivity index (χ1n) is 12.4. The van der Waals surface area contributed by atoms with E-state index in [2.05, 4.69) is 5.32 Å². The van der Waals surface area contributed by atoms with E-state index in [4.69, 9.17) is 0 Å². The summed E-state index contributed by atoms with van der Waals surface area (Å²) in [5.41, 5.74) is 1.92. The zero-order chi connectivity index (χ0) is 22.8. The number of hydrogen-bond donors (Lipinski definition) is 1. The standard InChI is InChI=1S/C28H32F2N2O/c29-22-13-14-25(30)24(17-22)21-16-26(19-8-3-1-4-9-19)32(18-21)28(33)23-12-7-15-31-27(23)20-10-5-2-6-11-20/h1,3-4,8-9,13-14,16-17,20,23,26-27,31H,2,5-7,10-12,15,18H2. The van der Waals surface area contributed by atoms with E-state index < -0.39 is 11.6 Å². The average molecular weight is 451 g/mol. The van der Waals surface area contributed by atoms with Gasteiger partial charge in [0.25, 0.3) is 0 Å². The van der Waals surface area contributed by atoms with E-state index in [0.717, 1.165) is 37.1 Å². The summed E-state index contributed by atoms with van der Waals surface area (Å²) in [5, 5.41) is 3.68. The van der Waals surface area contributed by atoms with E-state index in [1.54, 1.807) is 0 Å². The third kappa shape index (κ3) is 4.61. The topological polar surface area (TPSA) is 32.3 Å². The lowest BCUT2D eigenvalue weighted by Crippen LogP contribution is -2.53. The normalized spacial score (nSPS) is 26.3. The Morgan fingerprint density at radius 1 is 0.939 bits per heavy atom. The second-order valence-corrected chi connectivity index (χ2v) is 9.76. The van der Waals surface area contributed by atoms with Crippen molar-refractivity contribution >= 4 is 11.5 Å². The molecule has 3 aliphatic rings. The minimum absolute atomic E-state index is 0.0711. The number of piperidine rings is 1. The van der Waals surface area contributed by atoms with Crippen LogP contribution in [0.5, 0.6) is 0 Å². The maximum Gasteiger partial charge on any atom is 0.228 e. The van der Waals surface area contributed by atoms with Crippen molar-refractivity contribution in [2.75, 3.05) is 13.1 Å². The van der Waals surface area contributed by atoms with Crippen LogP contribution in [-0.4, -0.2) is 29.9 Å². The molecule has 1 amide bonds. The van der Waals surface area contributed by atoms with Crippen molar-refractivity contribution in [1.29, 1.82) is 0 Å². The van der Waals surface area contributed by atoms with Gasteiger partial charge in [-0.15, -0.1) is 0 Å². The van der Waals surface area contributed by atoms with Crippen molar-refractivity contribution in [3.8, 4) is 0 Å². The fourth-order valence-corrected chi connectivity index (χ4v) is 6.07. The predicted octanol–water partition coefficient (Wildman–Crippen LogP) is 5.88. The van der Waals surface area contributed by atoms with Crippen LogP contribution in [0.1, 0.15) is 62.1 Å². The van der Waals surface area contributed by atoms with Gasteiger partial charge in [-0.3, -0.25) is 4.79 Å². The van der Waals surface area contributed by atoms with E-state index in [1.165, 1.54) is 38.2 Å². The first-order chi connectivity index (χ1) is 16.1. The molecule has 3 unspecified atom stereocenters. The predicted molar refractivity (Wildman–Crippen MR) is 126 cm³/mol. The van der Waals surface area contributed by atoms with Crippen LogP contribution >= 0.6 is 0 Å². The lowest BCUT2D eigenvalue weighted by Gasteiger charge is -2.41. The Labute approximate surface area is 194 Å². The molecule has 2 heterocycles. The summed E-state index contributed by atoms with van der Waals surface area (Å²) in [7, 11) is 0. The Kier molecular flexibility index (Phi) is 6.59. The van der Waals surface area contributed by atoms with Crippen LogP contribution < -0.4 is 5.32 Å². The van der Waals surface area contributed by atoms with Crippen LogP contribution in [0, 0.1) is 23.5 Å². The van der Waals surface area contributed by atoms with Crippen LogP contribution in [0.15, 0.2) is 54.6 Å². The van der Waals surface area contributed by atoms with Crippen LogP contribution in [0.2, 0.25) is 0 Å². The van der Waals surface area contributed by atoms with E-state index in [1.807, 2.05) is 41.3 Å². The molecule has 5 heteroatoms. The fraction of sp³-hybridized carbons (Fsp3) is 0.464. The number of benzene rings is 2. The van der Waals surface area contributed by atoms with Crippen LogP contribution in [0.3, 0.4) is 0 Å². The summed E-state index contributed by atoms with van der Waals surface area (Å²) in [4.78, 5) is 15.9. The summed E-state index contributed by atoms with van der Waals surface area (Å²) in [6, 6.07) is 13.3. The van der Waals surface area contributed by atoms with Gasteiger partial charge < -0.3 is 10.2 Å². The molecule has 3 nitrogen and oxygen atoms in total. The molecule has 3 atom stereocenters. The Balaban J connectivity index is 1.46. The smallest absolute Gasteiger partial charge is 0.228 e. The fourth-order valence-electron chi connectivity index (χ4n) is 6.07. The molecule has 2 fully saturated rings. The lowest BCUT2D eigenvalue weighted by atomic mass is 9.75. The second kappa shape index (κ2) is 9.76. The van der Waals surface area contributed by atoms with Crippen molar-refractivity contribution < 1.29 is 13.6 Å². The van der Waals surface area contributed by atoms with Gasteiger partial charge >= 0.3 is 0 Å². The maximum absolute atomic E-state index is 14.6. The van der Waals surface area contributed by atoms with Crippen molar-refractivity contribution in [2.45, 2.75) is 57.0 Å². The molecular weight excluding hydrogens is 418 g/mol. The van der Waals surface area contributed by atoms with Crippen LogP contribution in [-0.2, 0) is 4.79 Å². The van der Waals surface area contributed by atoms with E-state index in [9.17, 15) is 13.6 Å². The highest BCUT2D eigenvalue weighted by atomic mass is 19.1. The van der Waals surface area contributed by atoms with Crippen molar-refractivity contribution in [3.05, 3.63) is 77.4 Å². The van der Waals surface area contributed by atoms with Crippen LogP contribution in [0.25, 0.3) is 5.57 Å². The van der Waals surface area contributed by atoms with Gasteiger partial charge in [0.15, 0.2) is 0 Å². The minimum Gasteiger partial charge on any atom is -0.328 e. The summed E-state index contributed by atoms with van der Waals surface area (Å²) in [6.07, 6.45) is 9.95. The molecule has 2 aromatic rings. The molecule has 2 aliphatic heterocycles. The average Bonchev–Trinajstić information content (AvgIpc) is 3.31. The molecule has 0 aromatic heterocycles. The Morgan fingerprint density at radius 3 is 2.52 bits per heavy atom. The van der Waals surface area contributed by atoms with Gasteiger partial charge in [-0.1, -0.05) is 55.7 Å². The number of rotatable bonds is 4. The van der Waals surface area contributed by atoms with Crippen molar-refractivity contribution in [3.63, 3.8) is 0 Å². The molecule has 33 heavy (non-hydrogen) atoms. The molecule has 1 N–H and O–H groups in total. The quantitative estimate of drug-likeness (QED) is 0.631. The van der Waals surface area contributed by atoms with Gasteiger partial charge in [0.2, 0.25) is 5.91 Å². The highest BCUT2D eigenvalue weighted by Crippen LogP contribution is 2.39. The SMILES string of the molecule is O=C(C1CCCNC1C1CCCCC1)N1CC(c2cc(F)ccc2F)=CC1c1ccccc1. The molecular formula is C28H32F2N2O. The minimum atomic E-state index is -0.470. The third-order valence-electron chi connectivity index (χ3n) is 7.71.